The highest BCUT2D eigenvalue weighted by atomic mass is 32.2. The molecule has 0 saturated carbocycles. The Morgan fingerprint density at radius 2 is 2.11 bits per heavy atom. The number of nitrogens with two attached hydrogens (primary N) is 1. The summed E-state index contributed by atoms with van der Waals surface area (Å²) in [4.78, 5) is 10.3. The Labute approximate surface area is 113 Å². The van der Waals surface area contributed by atoms with Crippen molar-refractivity contribution in [1.82, 2.24) is 20.2 Å². The molecule has 2 aromatic rings. The highest BCUT2D eigenvalue weighted by Gasteiger charge is 2.09. The summed E-state index contributed by atoms with van der Waals surface area (Å²) in [6, 6.07) is 1.88. The standard InChI is InChI=1S/C9H13N7S2/c1-5-4-6(12-7(11-5)13-10)17-9-15-14-8(18-9)16(2)3/h4H,10H2,1-3H3,(H,11,12,13). The zero-order valence-corrected chi connectivity index (χ0v) is 11.8. The fourth-order valence-corrected chi connectivity index (χ4v) is 2.94. The Balaban J connectivity index is 2.19. The molecule has 0 spiro atoms. The lowest BCUT2D eigenvalue weighted by molar-refractivity contribution is 0.963. The lowest BCUT2D eigenvalue weighted by Crippen LogP contribution is -2.11. The molecule has 96 valence electrons. The number of rotatable bonds is 4. The van der Waals surface area contributed by atoms with Gasteiger partial charge in [-0.15, -0.1) is 10.2 Å². The molecule has 0 radical (unpaired) electrons. The lowest BCUT2D eigenvalue weighted by atomic mass is 10.5. The molecule has 2 heterocycles. The number of aromatic nitrogens is 4. The van der Waals surface area contributed by atoms with Crippen molar-refractivity contribution in [2.45, 2.75) is 16.3 Å². The maximum Gasteiger partial charge on any atom is 0.238 e. The van der Waals surface area contributed by atoms with Gasteiger partial charge in [0.2, 0.25) is 11.1 Å². The zero-order valence-electron chi connectivity index (χ0n) is 10.2. The Morgan fingerprint density at radius 3 is 2.72 bits per heavy atom. The van der Waals surface area contributed by atoms with E-state index in [-0.39, 0.29) is 0 Å². The number of hydrazine groups is 1. The van der Waals surface area contributed by atoms with Gasteiger partial charge in [0, 0.05) is 19.8 Å². The first-order valence-corrected chi connectivity index (χ1v) is 6.73. The molecule has 0 fully saturated rings. The van der Waals surface area contributed by atoms with Gasteiger partial charge >= 0.3 is 0 Å². The number of aryl methyl sites for hydroxylation is 1. The first kappa shape index (κ1) is 13.0. The minimum atomic E-state index is 0.398. The highest BCUT2D eigenvalue weighted by molar-refractivity contribution is 8.01. The van der Waals surface area contributed by atoms with Crippen molar-refractivity contribution in [3.8, 4) is 0 Å². The van der Waals surface area contributed by atoms with E-state index in [9.17, 15) is 0 Å². The minimum Gasteiger partial charge on any atom is -0.353 e. The summed E-state index contributed by atoms with van der Waals surface area (Å²) in [5.41, 5.74) is 3.29. The first-order chi connectivity index (χ1) is 8.58. The molecule has 9 heteroatoms. The molecule has 3 N–H and O–H groups in total. The third kappa shape index (κ3) is 3.06. The van der Waals surface area contributed by atoms with Crippen LogP contribution in [0.25, 0.3) is 0 Å². The Hall–Kier alpha value is -1.45. The molecule has 0 amide bonds. The third-order valence-electron chi connectivity index (χ3n) is 1.93. The van der Waals surface area contributed by atoms with Gasteiger partial charge in [-0.2, -0.15) is 0 Å². The van der Waals surface area contributed by atoms with Gasteiger partial charge < -0.3 is 4.90 Å². The fraction of sp³-hybridized carbons (Fsp3) is 0.333. The molecule has 18 heavy (non-hydrogen) atoms. The van der Waals surface area contributed by atoms with E-state index in [2.05, 4.69) is 25.6 Å². The van der Waals surface area contributed by atoms with E-state index in [1.165, 1.54) is 23.1 Å². The van der Waals surface area contributed by atoms with Gasteiger partial charge in [-0.25, -0.2) is 15.8 Å². The number of nitrogen functional groups attached to an aromatic ring is 1. The van der Waals surface area contributed by atoms with Crippen LogP contribution in [0, 0.1) is 6.92 Å². The van der Waals surface area contributed by atoms with Crippen molar-refractivity contribution in [2.75, 3.05) is 24.4 Å². The van der Waals surface area contributed by atoms with Crippen LogP contribution in [0.15, 0.2) is 15.4 Å². The van der Waals surface area contributed by atoms with Crippen LogP contribution in [-0.4, -0.2) is 34.3 Å². The number of nitrogens with zero attached hydrogens (tertiary/aromatic N) is 5. The van der Waals surface area contributed by atoms with Crippen molar-refractivity contribution in [1.29, 1.82) is 0 Å². The molecule has 0 bridgehead atoms. The van der Waals surface area contributed by atoms with Gasteiger partial charge in [-0.1, -0.05) is 11.3 Å². The van der Waals surface area contributed by atoms with Crippen LogP contribution in [0.1, 0.15) is 5.69 Å². The highest BCUT2D eigenvalue weighted by Crippen LogP contribution is 2.32. The van der Waals surface area contributed by atoms with E-state index in [0.29, 0.717) is 5.95 Å². The first-order valence-electron chi connectivity index (χ1n) is 5.09. The summed E-state index contributed by atoms with van der Waals surface area (Å²) in [6.45, 7) is 1.89. The second-order valence-electron chi connectivity index (χ2n) is 3.66. The van der Waals surface area contributed by atoms with Gasteiger partial charge in [0.25, 0.3) is 0 Å². The van der Waals surface area contributed by atoms with Gasteiger partial charge in [-0.05, 0) is 24.8 Å². The quantitative estimate of drug-likeness (QED) is 0.490. The smallest absolute Gasteiger partial charge is 0.238 e. The molecule has 2 rings (SSSR count). The average molecular weight is 283 g/mol. The van der Waals surface area contributed by atoms with Gasteiger partial charge in [0.05, 0.1) is 0 Å². The van der Waals surface area contributed by atoms with Crippen molar-refractivity contribution in [2.24, 2.45) is 5.84 Å². The number of hydrogen-bond acceptors (Lipinski definition) is 9. The van der Waals surface area contributed by atoms with Crippen LogP contribution < -0.4 is 16.2 Å². The molecule has 0 aliphatic carbocycles. The largest absolute Gasteiger partial charge is 0.353 e. The molecule has 2 aromatic heterocycles. The average Bonchev–Trinajstić information content (AvgIpc) is 2.76. The van der Waals surface area contributed by atoms with Gasteiger partial charge in [0.1, 0.15) is 5.03 Å². The third-order valence-corrected chi connectivity index (χ3v) is 3.99. The van der Waals surface area contributed by atoms with E-state index in [1.807, 2.05) is 32.0 Å². The second-order valence-corrected chi connectivity index (χ2v) is 5.89. The SMILES string of the molecule is Cc1cc(Sc2nnc(N(C)C)s2)nc(NN)n1. The summed E-state index contributed by atoms with van der Waals surface area (Å²) < 4.78 is 0.833. The van der Waals surface area contributed by atoms with Crippen molar-refractivity contribution in [3.63, 3.8) is 0 Å². The molecule has 0 atom stereocenters. The summed E-state index contributed by atoms with van der Waals surface area (Å²) in [6.07, 6.45) is 0. The topological polar surface area (TPSA) is 92.9 Å². The van der Waals surface area contributed by atoms with E-state index in [0.717, 1.165) is 20.2 Å². The van der Waals surface area contributed by atoms with E-state index in [4.69, 9.17) is 5.84 Å². The normalized spacial score (nSPS) is 10.4. The number of anilines is 2. The zero-order chi connectivity index (χ0) is 13.1. The van der Waals surface area contributed by atoms with E-state index >= 15 is 0 Å². The lowest BCUT2D eigenvalue weighted by Gasteiger charge is -2.04. The minimum absolute atomic E-state index is 0.398. The van der Waals surface area contributed by atoms with Crippen LogP contribution in [0.5, 0.6) is 0 Å². The monoisotopic (exact) mass is 283 g/mol. The Morgan fingerprint density at radius 1 is 1.33 bits per heavy atom. The molecule has 0 unspecified atom stereocenters. The predicted molar refractivity (Wildman–Crippen MR) is 72.9 cm³/mol. The number of nitrogens with one attached hydrogen (secondary N) is 1. The molecule has 0 aliphatic heterocycles. The predicted octanol–water partition coefficient (Wildman–Crippen LogP) is 1.14. The van der Waals surface area contributed by atoms with Gasteiger partial charge in [0.15, 0.2) is 4.34 Å². The summed E-state index contributed by atoms with van der Waals surface area (Å²) >= 11 is 2.95. The van der Waals surface area contributed by atoms with Crippen LogP contribution >= 0.6 is 23.1 Å². The molecule has 0 saturated heterocycles. The molecule has 0 aromatic carbocycles. The van der Waals surface area contributed by atoms with Crippen LogP contribution in [0.2, 0.25) is 0 Å². The number of hydrogen-bond donors (Lipinski definition) is 2. The van der Waals surface area contributed by atoms with Crippen molar-refractivity contribution < 1.29 is 0 Å². The van der Waals surface area contributed by atoms with E-state index in [1.54, 1.807) is 0 Å². The van der Waals surface area contributed by atoms with E-state index < -0.39 is 0 Å². The molecule has 7 nitrogen and oxygen atoms in total. The van der Waals surface area contributed by atoms with Crippen LogP contribution in [0.4, 0.5) is 11.1 Å². The van der Waals surface area contributed by atoms with Gasteiger partial charge in [-0.3, -0.25) is 5.43 Å². The maximum atomic E-state index is 5.31. The summed E-state index contributed by atoms with van der Waals surface area (Å²) in [7, 11) is 3.86. The van der Waals surface area contributed by atoms with Crippen molar-refractivity contribution >= 4 is 34.2 Å². The molecular weight excluding hydrogens is 270 g/mol. The summed E-state index contributed by atoms with van der Waals surface area (Å²) in [5, 5.41) is 9.81. The Kier molecular flexibility index (Phi) is 3.94. The Bertz CT molecular complexity index is 539. The fourth-order valence-electron chi connectivity index (χ4n) is 1.17. The maximum absolute atomic E-state index is 5.31. The van der Waals surface area contributed by atoms with Crippen LogP contribution in [-0.2, 0) is 0 Å². The van der Waals surface area contributed by atoms with Crippen molar-refractivity contribution in [3.05, 3.63) is 11.8 Å². The second kappa shape index (κ2) is 5.46. The molecule has 0 aliphatic rings. The summed E-state index contributed by atoms with van der Waals surface area (Å²) in [5.74, 6) is 5.71. The van der Waals surface area contributed by atoms with Crippen LogP contribution in [0.3, 0.4) is 0 Å². The molecular formula is C9H13N7S2.